The number of piperazine rings is 1. The third-order valence-electron chi connectivity index (χ3n) is 3.55. The van der Waals surface area contributed by atoms with Gasteiger partial charge in [-0.25, -0.2) is 0 Å². The number of hydrogen-bond acceptors (Lipinski definition) is 3. The fourth-order valence-corrected chi connectivity index (χ4v) is 3.00. The normalized spacial score (nSPS) is 16.2. The van der Waals surface area contributed by atoms with Crippen molar-refractivity contribution in [3.8, 4) is 0 Å². The van der Waals surface area contributed by atoms with E-state index in [0.717, 1.165) is 26.2 Å². The molecule has 1 amide bonds. The molecule has 110 valence electrons. The summed E-state index contributed by atoms with van der Waals surface area (Å²) in [5.74, 6) is 0.783. The molecule has 4 heteroatoms. The molecule has 1 aliphatic heterocycles. The first-order valence-corrected chi connectivity index (χ1v) is 8.17. The Morgan fingerprint density at radius 3 is 2.35 bits per heavy atom. The summed E-state index contributed by atoms with van der Waals surface area (Å²) in [7, 11) is 0. The lowest BCUT2D eigenvalue weighted by Crippen LogP contribution is -2.47. The Morgan fingerprint density at radius 1 is 1.20 bits per heavy atom. The van der Waals surface area contributed by atoms with Crippen LogP contribution in [0, 0.1) is 0 Å². The van der Waals surface area contributed by atoms with Crippen LogP contribution in [0.1, 0.15) is 26.3 Å². The maximum atomic E-state index is 12.1. The van der Waals surface area contributed by atoms with E-state index in [4.69, 9.17) is 0 Å². The summed E-state index contributed by atoms with van der Waals surface area (Å²) in [6, 6.07) is 8.57. The number of amides is 1. The highest BCUT2D eigenvalue weighted by Gasteiger charge is 2.16. The molecular weight excluding hydrogens is 268 g/mol. The molecule has 0 radical (unpaired) electrons. The second-order valence-electron chi connectivity index (χ2n) is 6.19. The SMILES string of the molecule is CC(C)(C)c1ccc(SCC(=O)N2CCNCC2)cc1. The minimum atomic E-state index is 0.180. The minimum Gasteiger partial charge on any atom is -0.339 e. The lowest BCUT2D eigenvalue weighted by molar-refractivity contribution is -0.128. The van der Waals surface area contributed by atoms with E-state index >= 15 is 0 Å². The van der Waals surface area contributed by atoms with Gasteiger partial charge in [0, 0.05) is 31.1 Å². The van der Waals surface area contributed by atoms with E-state index < -0.39 is 0 Å². The number of hydrogen-bond donors (Lipinski definition) is 1. The van der Waals surface area contributed by atoms with E-state index in [1.807, 2.05) is 4.90 Å². The molecule has 0 unspecified atom stereocenters. The Kier molecular flexibility index (Phi) is 5.11. The van der Waals surface area contributed by atoms with Crippen LogP contribution < -0.4 is 5.32 Å². The van der Waals surface area contributed by atoms with Crippen molar-refractivity contribution < 1.29 is 4.79 Å². The first-order chi connectivity index (χ1) is 9.47. The molecule has 0 atom stereocenters. The minimum absolute atomic E-state index is 0.180. The van der Waals surface area contributed by atoms with Crippen molar-refractivity contribution >= 4 is 17.7 Å². The molecule has 20 heavy (non-hydrogen) atoms. The average molecular weight is 292 g/mol. The first-order valence-electron chi connectivity index (χ1n) is 7.19. The zero-order valence-corrected chi connectivity index (χ0v) is 13.4. The van der Waals surface area contributed by atoms with Crippen LogP contribution in [0.25, 0.3) is 0 Å². The second-order valence-corrected chi connectivity index (χ2v) is 7.24. The van der Waals surface area contributed by atoms with Crippen molar-refractivity contribution in [1.29, 1.82) is 0 Å². The van der Waals surface area contributed by atoms with Crippen LogP contribution in [-0.4, -0.2) is 42.7 Å². The van der Waals surface area contributed by atoms with Gasteiger partial charge in [-0.05, 0) is 23.1 Å². The maximum Gasteiger partial charge on any atom is 0.233 e. The zero-order chi connectivity index (χ0) is 14.6. The molecule has 1 heterocycles. The van der Waals surface area contributed by atoms with Gasteiger partial charge in [-0.2, -0.15) is 0 Å². The van der Waals surface area contributed by atoms with Crippen molar-refractivity contribution in [2.24, 2.45) is 0 Å². The highest BCUT2D eigenvalue weighted by atomic mass is 32.2. The lowest BCUT2D eigenvalue weighted by Gasteiger charge is -2.27. The van der Waals surface area contributed by atoms with Gasteiger partial charge in [0.05, 0.1) is 5.75 Å². The molecule has 1 aromatic rings. The highest BCUT2D eigenvalue weighted by Crippen LogP contribution is 2.25. The Balaban J connectivity index is 1.86. The third kappa shape index (κ3) is 4.25. The molecular formula is C16H24N2OS. The number of benzene rings is 1. The van der Waals surface area contributed by atoms with E-state index in [0.29, 0.717) is 5.75 Å². The van der Waals surface area contributed by atoms with E-state index in [2.05, 4.69) is 50.4 Å². The summed E-state index contributed by atoms with van der Waals surface area (Å²) < 4.78 is 0. The van der Waals surface area contributed by atoms with Crippen molar-refractivity contribution in [3.05, 3.63) is 29.8 Å². The molecule has 0 bridgehead atoms. The van der Waals surface area contributed by atoms with Crippen molar-refractivity contribution in [2.75, 3.05) is 31.9 Å². The third-order valence-corrected chi connectivity index (χ3v) is 4.55. The van der Waals surface area contributed by atoms with Gasteiger partial charge in [0.15, 0.2) is 0 Å². The van der Waals surface area contributed by atoms with Crippen LogP contribution in [0.4, 0.5) is 0 Å². The fourth-order valence-electron chi connectivity index (χ4n) is 2.20. The molecule has 0 aliphatic carbocycles. The van der Waals surface area contributed by atoms with Gasteiger partial charge >= 0.3 is 0 Å². The van der Waals surface area contributed by atoms with Gasteiger partial charge in [-0.1, -0.05) is 32.9 Å². The molecule has 1 N–H and O–H groups in total. The van der Waals surface area contributed by atoms with Gasteiger partial charge in [0.2, 0.25) is 5.91 Å². The quantitative estimate of drug-likeness (QED) is 0.869. The van der Waals surface area contributed by atoms with Crippen LogP contribution >= 0.6 is 11.8 Å². The predicted molar refractivity (Wildman–Crippen MR) is 85.3 cm³/mol. The highest BCUT2D eigenvalue weighted by molar-refractivity contribution is 8.00. The van der Waals surface area contributed by atoms with Gasteiger partial charge < -0.3 is 10.2 Å². The van der Waals surface area contributed by atoms with Gasteiger partial charge in [0.1, 0.15) is 0 Å². The van der Waals surface area contributed by atoms with E-state index in [1.54, 1.807) is 11.8 Å². The summed E-state index contributed by atoms with van der Waals surface area (Å²) in [4.78, 5) is 15.2. The van der Waals surface area contributed by atoms with Gasteiger partial charge in [-0.3, -0.25) is 4.79 Å². The van der Waals surface area contributed by atoms with E-state index in [9.17, 15) is 4.79 Å². The fraction of sp³-hybridized carbons (Fsp3) is 0.562. The average Bonchev–Trinajstić information content (AvgIpc) is 2.45. The number of nitrogens with one attached hydrogen (secondary N) is 1. The molecule has 0 saturated carbocycles. The van der Waals surface area contributed by atoms with Crippen molar-refractivity contribution in [2.45, 2.75) is 31.1 Å². The standard InChI is InChI=1S/C16H24N2OS/c1-16(2,3)13-4-6-14(7-5-13)20-12-15(19)18-10-8-17-9-11-18/h4-7,17H,8-12H2,1-3H3. The topological polar surface area (TPSA) is 32.3 Å². The largest absolute Gasteiger partial charge is 0.339 e. The molecule has 3 nitrogen and oxygen atoms in total. The second kappa shape index (κ2) is 6.64. The van der Waals surface area contributed by atoms with Crippen LogP contribution in [-0.2, 0) is 10.2 Å². The van der Waals surface area contributed by atoms with E-state index in [1.165, 1.54) is 10.5 Å². The molecule has 1 saturated heterocycles. The summed E-state index contributed by atoms with van der Waals surface area (Å²) in [6.07, 6.45) is 0. The number of thioether (sulfide) groups is 1. The van der Waals surface area contributed by atoms with Crippen molar-refractivity contribution in [1.82, 2.24) is 10.2 Å². The Morgan fingerprint density at radius 2 is 1.80 bits per heavy atom. The predicted octanol–water partition coefficient (Wildman–Crippen LogP) is 2.51. The number of nitrogens with zero attached hydrogens (tertiary/aromatic N) is 1. The molecule has 1 aliphatic rings. The molecule has 0 aromatic heterocycles. The summed E-state index contributed by atoms with van der Waals surface area (Å²) in [5, 5.41) is 3.26. The molecule has 2 rings (SSSR count). The Bertz CT molecular complexity index is 445. The Labute approximate surface area is 126 Å². The number of carbonyl (C=O) groups is 1. The maximum absolute atomic E-state index is 12.1. The lowest BCUT2D eigenvalue weighted by atomic mass is 9.87. The van der Waals surface area contributed by atoms with E-state index in [-0.39, 0.29) is 11.3 Å². The smallest absolute Gasteiger partial charge is 0.233 e. The number of rotatable bonds is 3. The van der Waals surface area contributed by atoms with Crippen LogP contribution in [0.2, 0.25) is 0 Å². The summed E-state index contributed by atoms with van der Waals surface area (Å²) in [6.45, 7) is 10.1. The number of carbonyl (C=O) groups excluding carboxylic acids is 1. The van der Waals surface area contributed by atoms with Crippen LogP contribution in [0.15, 0.2) is 29.2 Å². The van der Waals surface area contributed by atoms with Gasteiger partial charge in [0.25, 0.3) is 0 Å². The first kappa shape index (κ1) is 15.4. The summed E-state index contributed by atoms with van der Waals surface area (Å²) in [5.41, 5.74) is 1.51. The zero-order valence-electron chi connectivity index (χ0n) is 12.6. The monoisotopic (exact) mass is 292 g/mol. The molecule has 0 spiro atoms. The van der Waals surface area contributed by atoms with Crippen LogP contribution in [0.3, 0.4) is 0 Å². The molecule has 1 fully saturated rings. The van der Waals surface area contributed by atoms with Gasteiger partial charge in [-0.15, -0.1) is 11.8 Å². The summed E-state index contributed by atoms with van der Waals surface area (Å²) >= 11 is 1.63. The molecule has 1 aromatic carbocycles. The Hall–Kier alpha value is -1.00. The van der Waals surface area contributed by atoms with Crippen LogP contribution in [0.5, 0.6) is 0 Å². The van der Waals surface area contributed by atoms with Crippen molar-refractivity contribution in [3.63, 3.8) is 0 Å².